The van der Waals surface area contributed by atoms with Crippen LogP contribution in [0, 0.1) is 0 Å². The predicted octanol–water partition coefficient (Wildman–Crippen LogP) is 2.64. The van der Waals surface area contributed by atoms with Crippen LogP contribution < -0.4 is 10.1 Å². The number of imidazole rings is 1. The molecule has 1 aromatic carbocycles. The molecular weight excluding hydrogens is 346 g/mol. The molecule has 0 atom stereocenters. The maximum atomic E-state index is 12.3. The SMILES string of the molecule is COCc1ccc2[nH]cnc2c1CNC(=O)c1ccc(OC(F)F)nc1. The number of nitrogens with zero attached hydrogens (tertiary/aromatic N) is 2. The number of alkyl halides is 2. The van der Waals surface area contributed by atoms with Crippen LogP contribution in [0.4, 0.5) is 8.78 Å². The monoisotopic (exact) mass is 362 g/mol. The van der Waals surface area contributed by atoms with Crippen LogP contribution in [0.2, 0.25) is 0 Å². The van der Waals surface area contributed by atoms with Gasteiger partial charge in [-0.3, -0.25) is 4.79 Å². The summed E-state index contributed by atoms with van der Waals surface area (Å²) in [5, 5.41) is 2.78. The van der Waals surface area contributed by atoms with E-state index >= 15 is 0 Å². The van der Waals surface area contributed by atoms with Gasteiger partial charge in [0.2, 0.25) is 5.88 Å². The van der Waals surface area contributed by atoms with E-state index in [4.69, 9.17) is 4.74 Å². The molecule has 1 amide bonds. The number of hydrogen-bond donors (Lipinski definition) is 2. The van der Waals surface area contributed by atoms with Crippen molar-refractivity contribution in [3.8, 4) is 5.88 Å². The van der Waals surface area contributed by atoms with Crippen LogP contribution in [0.15, 0.2) is 36.8 Å². The number of ether oxygens (including phenoxy) is 2. The number of nitrogens with one attached hydrogen (secondary N) is 2. The Kier molecular flexibility index (Phi) is 5.37. The van der Waals surface area contributed by atoms with Crippen LogP contribution in [0.1, 0.15) is 21.5 Å². The molecule has 2 heterocycles. The molecule has 9 heteroatoms. The molecule has 0 fully saturated rings. The van der Waals surface area contributed by atoms with Gasteiger partial charge < -0.3 is 19.8 Å². The van der Waals surface area contributed by atoms with E-state index in [1.807, 2.05) is 12.1 Å². The Morgan fingerprint density at radius 3 is 2.81 bits per heavy atom. The van der Waals surface area contributed by atoms with Crippen molar-refractivity contribution >= 4 is 16.9 Å². The quantitative estimate of drug-likeness (QED) is 0.674. The van der Waals surface area contributed by atoms with Crippen LogP contribution in [-0.2, 0) is 17.9 Å². The third-order valence-corrected chi connectivity index (χ3v) is 3.73. The molecule has 0 aliphatic carbocycles. The van der Waals surface area contributed by atoms with Crippen molar-refractivity contribution < 1.29 is 23.0 Å². The Hall–Kier alpha value is -3.07. The van der Waals surface area contributed by atoms with Crippen molar-refractivity contribution in [1.82, 2.24) is 20.3 Å². The summed E-state index contributed by atoms with van der Waals surface area (Å²) in [7, 11) is 1.59. The van der Waals surface area contributed by atoms with Crippen molar-refractivity contribution in [2.45, 2.75) is 19.8 Å². The predicted molar refractivity (Wildman–Crippen MR) is 88.8 cm³/mol. The number of carbonyl (C=O) groups excluding carboxylic acids is 1. The molecule has 0 radical (unpaired) electrons. The summed E-state index contributed by atoms with van der Waals surface area (Å²) >= 11 is 0. The molecule has 2 N–H and O–H groups in total. The molecule has 2 aromatic heterocycles. The number of carbonyl (C=O) groups is 1. The number of H-pyrrole nitrogens is 1. The molecule has 0 spiro atoms. The van der Waals surface area contributed by atoms with E-state index in [1.165, 1.54) is 18.3 Å². The number of halogens is 2. The largest absolute Gasteiger partial charge is 0.417 e. The van der Waals surface area contributed by atoms with Gasteiger partial charge in [0, 0.05) is 31.5 Å². The average Bonchev–Trinajstić information content (AvgIpc) is 3.09. The molecular formula is C17H16F2N4O3. The first-order valence-corrected chi connectivity index (χ1v) is 7.70. The van der Waals surface area contributed by atoms with Gasteiger partial charge in [-0.2, -0.15) is 8.78 Å². The van der Waals surface area contributed by atoms with Crippen LogP contribution in [0.3, 0.4) is 0 Å². The van der Waals surface area contributed by atoms with Crippen molar-refractivity contribution in [2.24, 2.45) is 0 Å². The topological polar surface area (TPSA) is 89.1 Å². The molecule has 7 nitrogen and oxygen atoms in total. The molecule has 0 aliphatic rings. The molecule has 3 aromatic rings. The second kappa shape index (κ2) is 7.87. The van der Waals surface area contributed by atoms with Gasteiger partial charge in [0.25, 0.3) is 5.91 Å². The summed E-state index contributed by atoms with van der Waals surface area (Å²) in [4.78, 5) is 23.3. The molecule has 0 unspecified atom stereocenters. The number of aromatic nitrogens is 3. The van der Waals surface area contributed by atoms with Gasteiger partial charge in [-0.15, -0.1) is 0 Å². The number of benzene rings is 1. The number of aromatic amines is 1. The fraction of sp³-hybridized carbons (Fsp3) is 0.235. The van der Waals surface area contributed by atoms with Gasteiger partial charge in [0.05, 0.1) is 29.5 Å². The van der Waals surface area contributed by atoms with Gasteiger partial charge in [-0.05, 0) is 17.7 Å². The summed E-state index contributed by atoms with van der Waals surface area (Å²) in [6.45, 7) is -2.35. The van der Waals surface area contributed by atoms with E-state index in [2.05, 4.69) is 25.0 Å². The summed E-state index contributed by atoms with van der Waals surface area (Å²) < 4.78 is 33.6. The standard InChI is InChI=1S/C17H16F2N4O3/c1-25-8-11-2-4-13-15(23-9-22-13)12(11)7-21-16(24)10-3-5-14(20-6-10)26-17(18)19/h2-6,9,17H,7-8H2,1H3,(H,21,24)(H,22,23). The lowest BCUT2D eigenvalue weighted by molar-refractivity contribution is -0.0528. The molecule has 0 aliphatic heterocycles. The highest BCUT2D eigenvalue weighted by atomic mass is 19.3. The summed E-state index contributed by atoms with van der Waals surface area (Å²) in [6.07, 6.45) is 2.76. The van der Waals surface area contributed by atoms with Crippen LogP contribution in [0.5, 0.6) is 5.88 Å². The van der Waals surface area contributed by atoms with Gasteiger partial charge in [0.1, 0.15) is 0 Å². The smallest absolute Gasteiger partial charge is 0.388 e. The van der Waals surface area contributed by atoms with E-state index in [0.717, 1.165) is 22.2 Å². The summed E-state index contributed by atoms with van der Waals surface area (Å²) in [5.41, 5.74) is 3.58. The number of rotatable bonds is 7. The molecule has 0 saturated carbocycles. The Morgan fingerprint density at radius 1 is 1.27 bits per heavy atom. The lowest BCUT2D eigenvalue weighted by Gasteiger charge is -2.11. The second-order valence-electron chi connectivity index (χ2n) is 5.38. The van der Waals surface area contributed by atoms with E-state index < -0.39 is 12.5 Å². The fourth-order valence-electron chi connectivity index (χ4n) is 2.54. The first-order chi connectivity index (χ1) is 12.6. The zero-order valence-electron chi connectivity index (χ0n) is 13.8. The molecule has 136 valence electrons. The van der Waals surface area contributed by atoms with E-state index in [0.29, 0.717) is 6.61 Å². The van der Waals surface area contributed by atoms with E-state index in [-0.39, 0.29) is 18.0 Å². The van der Waals surface area contributed by atoms with Crippen LogP contribution in [-0.4, -0.2) is 34.6 Å². The first-order valence-electron chi connectivity index (χ1n) is 7.70. The minimum atomic E-state index is -2.96. The zero-order valence-corrected chi connectivity index (χ0v) is 13.8. The van der Waals surface area contributed by atoms with Gasteiger partial charge in [-0.25, -0.2) is 9.97 Å². The number of fused-ring (bicyclic) bond motifs is 1. The van der Waals surface area contributed by atoms with Crippen LogP contribution >= 0.6 is 0 Å². The number of amides is 1. The van der Waals surface area contributed by atoms with Crippen molar-refractivity contribution in [3.63, 3.8) is 0 Å². The number of hydrogen-bond acceptors (Lipinski definition) is 5. The van der Waals surface area contributed by atoms with Crippen molar-refractivity contribution in [3.05, 3.63) is 53.5 Å². The van der Waals surface area contributed by atoms with E-state index in [9.17, 15) is 13.6 Å². The maximum Gasteiger partial charge on any atom is 0.388 e. The van der Waals surface area contributed by atoms with Crippen molar-refractivity contribution in [2.75, 3.05) is 7.11 Å². The van der Waals surface area contributed by atoms with Crippen LogP contribution in [0.25, 0.3) is 11.0 Å². The zero-order chi connectivity index (χ0) is 18.5. The average molecular weight is 362 g/mol. The number of methoxy groups -OCH3 is 1. The normalized spacial score (nSPS) is 11.1. The van der Waals surface area contributed by atoms with E-state index in [1.54, 1.807) is 13.4 Å². The van der Waals surface area contributed by atoms with Gasteiger partial charge in [-0.1, -0.05) is 6.07 Å². The summed E-state index contributed by atoms with van der Waals surface area (Å²) in [5.74, 6) is -0.641. The first kappa shape index (κ1) is 17.7. The second-order valence-corrected chi connectivity index (χ2v) is 5.38. The highest BCUT2D eigenvalue weighted by Gasteiger charge is 2.13. The molecule has 3 rings (SSSR count). The van der Waals surface area contributed by atoms with Crippen molar-refractivity contribution in [1.29, 1.82) is 0 Å². The maximum absolute atomic E-state index is 12.3. The Morgan fingerprint density at radius 2 is 2.12 bits per heavy atom. The summed E-state index contributed by atoms with van der Waals surface area (Å²) in [6, 6.07) is 6.38. The van der Waals surface area contributed by atoms with Gasteiger partial charge in [0.15, 0.2) is 0 Å². The highest BCUT2D eigenvalue weighted by Crippen LogP contribution is 2.20. The fourth-order valence-corrected chi connectivity index (χ4v) is 2.54. The van der Waals surface area contributed by atoms with Gasteiger partial charge >= 0.3 is 6.61 Å². The molecule has 0 bridgehead atoms. The lowest BCUT2D eigenvalue weighted by atomic mass is 10.1. The third kappa shape index (κ3) is 3.94. The highest BCUT2D eigenvalue weighted by molar-refractivity contribution is 5.94. The third-order valence-electron chi connectivity index (χ3n) is 3.73. The Labute approximate surface area is 147 Å². The minimum absolute atomic E-state index is 0.231. The molecule has 0 saturated heterocycles. The Bertz CT molecular complexity index is 897. The molecule has 26 heavy (non-hydrogen) atoms. The Balaban J connectivity index is 1.74. The lowest BCUT2D eigenvalue weighted by Crippen LogP contribution is -2.24. The minimum Gasteiger partial charge on any atom is -0.417 e. The number of pyridine rings is 1.